The van der Waals surface area contributed by atoms with Crippen LogP contribution in [-0.2, 0) is 16.0 Å². The second-order valence-electron chi connectivity index (χ2n) is 6.06. The fraction of sp³-hybridized carbons (Fsp3) is 0.111. The third kappa shape index (κ3) is 4.35. The number of nitrogens with two attached hydrogens (primary N) is 1. The van der Waals surface area contributed by atoms with E-state index in [1.165, 1.54) is 36.4 Å². The fourth-order valence-electron chi connectivity index (χ4n) is 2.65. The van der Waals surface area contributed by atoms with Gasteiger partial charge in [0.1, 0.15) is 5.82 Å². The third-order valence-electron chi connectivity index (χ3n) is 3.99. The van der Waals surface area contributed by atoms with Crippen LogP contribution >= 0.6 is 0 Å². The Morgan fingerprint density at radius 3 is 1.97 bits per heavy atom. The van der Waals surface area contributed by atoms with Crippen molar-refractivity contribution in [3.05, 3.63) is 60.2 Å². The molecule has 0 aliphatic rings. The summed E-state index contributed by atoms with van der Waals surface area (Å²) in [5.41, 5.74) is 2.59. The van der Waals surface area contributed by atoms with E-state index in [1.807, 2.05) is 0 Å². The Labute approximate surface area is 163 Å². The molecule has 11 heteroatoms. The number of hydrazine groups is 1. The summed E-state index contributed by atoms with van der Waals surface area (Å²) in [5, 5.41) is 0. The van der Waals surface area contributed by atoms with Gasteiger partial charge in [0.25, 0.3) is 0 Å². The molecule has 2 aromatic carbocycles. The van der Waals surface area contributed by atoms with E-state index in [4.69, 9.17) is 5.84 Å². The first-order valence-corrected chi connectivity index (χ1v) is 9.92. The maximum Gasteiger partial charge on any atom is 0.451 e. The molecule has 0 aliphatic heterocycles. The number of nitrogens with zero attached hydrogens (tertiary/aromatic N) is 2. The average molecular weight is 426 g/mol. The minimum atomic E-state index is -4.85. The summed E-state index contributed by atoms with van der Waals surface area (Å²) in [6.45, 7) is 0. The van der Waals surface area contributed by atoms with Gasteiger partial charge in [0.15, 0.2) is 15.7 Å². The van der Waals surface area contributed by atoms with Crippen LogP contribution in [0.4, 0.5) is 23.4 Å². The Bertz CT molecular complexity index is 1150. The van der Waals surface area contributed by atoms with Crippen molar-refractivity contribution >= 4 is 15.7 Å². The van der Waals surface area contributed by atoms with Crippen LogP contribution in [0.1, 0.15) is 5.82 Å². The van der Waals surface area contributed by atoms with Gasteiger partial charge >= 0.3 is 6.18 Å². The first-order valence-electron chi connectivity index (χ1n) is 8.03. The zero-order valence-corrected chi connectivity index (χ0v) is 15.6. The van der Waals surface area contributed by atoms with E-state index in [0.29, 0.717) is 5.56 Å². The van der Waals surface area contributed by atoms with Crippen molar-refractivity contribution in [2.45, 2.75) is 11.1 Å². The van der Waals surface area contributed by atoms with Crippen molar-refractivity contribution in [2.75, 3.05) is 11.7 Å². The lowest BCUT2D eigenvalue weighted by atomic mass is 9.99. The van der Waals surface area contributed by atoms with Gasteiger partial charge in [-0.15, -0.1) is 0 Å². The van der Waals surface area contributed by atoms with Crippen LogP contribution < -0.4 is 11.3 Å². The number of anilines is 1. The summed E-state index contributed by atoms with van der Waals surface area (Å²) in [4.78, 5) is 7.07. The SMILES string of the molecule is CS(=O)(=O)c1ccc(-c2nc(C(F)(F)F)nc(NN)c2-c2ccc(F)cc2)cc1. The summed E-state index contributed by atoms with van der Waals surface area (Å²) in [6, 6.07) is 10.1. The first-order chi connectivity index (χ1) is 13.5. The average Bonchev–Trinajstić information content (AvgIpc) is 2.66. The smallest absolute Gasteiger partial charge is 0.308 e. The van der Waals surface area contributed by atoms with E-state index in [2.05, 4.69) is 15.4 Å². The molecule has 1 aromatic heterocycles. The highest BCUT2D eigenvalue weighted by Gasteiger charge is 2.36. The molecular weight excluding hydrogens is 412 g/mol. The van der Waals surface area contributed by atoms with Crippen molar-refractivity contribution in [1.82, 2.24) is 9.97 Å². The molecule has 3 N–H and O–H groups in total. The maximum atomic E-state index is 13.3. The number of halogens is 4. The van der Waals surface area contributed by atoms with E-state index < -0.39 is 27.7 Å². The fourth-order valence-corrected chi connectivity index (χ4v) is 3.28. The summed E-state index contributed by atoms with van der Waals surface area (Å²) in [5.74, 6) is 3.11. The monoisotopic (exact) mass is 426 g/mol. The molecule has 0 aliphatic carbocycles. The largest absolute Gasteiger partial charge is 0.451 e. The van der Waals surface area contributed by atoms with Gasteiger partial charge in [-0.3, -0.25) is 0 Å². The van der Waals surface area contributed by atoms with Gasteiger partial charge in [-0.1, -0.05) is 24.3 Å². The molecule has 6 nitrogen and oxygen atoms in total. The molecule has 0 saturated carbocycles. The number of hydrogen-bond donors (Lipinski definition) is 2. The quantitative estimate of drug-likeness (QED) is 0.375. The van der Waals surface area contributed by atoms with E-state index >= 15 is 0 Å². The van der Waals surface area contributed by atoms with Gasteiger partial charge in [0.2, 0.25) is 5.82 Å². The van der Waals surface area contributed by atoms with Crippen LogP contribution in [0.15, 0.2) is 53.4 Å². The minimum absolute atomic E-state index is 0.00754. The van der Waals surface area contributed by atoms with E-state index in [0.717, 1.165) is 18.4 Å². The zero-order valence-electron chi connectivity index (χ0n) is 14.8. The van der Waals surface area contributed by atoms with Crippen molar-refractivity contribution in [1.29, 1.82) is 0 Å². The van der Waals surface area contributed by atoms with Crippen LogP contribution in [0.2, 0.25) is 0 Å². The molecule has 0 bridgehead atoms. The second-order valence-corrected chi connectivity index (χ2v) is 8.08. The summed E-state index contributed by atoms with van der Waals surface area (Å²) in [7, 11) is -3.50. The molecule has 3 rings (SSSR count). The van der Waals surface area contributed by atoms with Crippen molar-refractivity contribution < 1.29 is 26.0 Å². The molecule has 0 fully saturated rings. The lowest BCUT2D eigenvalue weighted by Crippen LogP contribution is -2.18. The standard InChI is InChI=1S/C18H14F4N4O2S/c1-29(27,28)13-8-4-11(5-9-13)15-14(10-2-6-12(19)7-3-10)16(26-23)25-17(24-15)18(20,21)22/h2-9H,23H2,1H3,(H,24,25,26). The van der Waals surface area contributed by atoms with Crippen LogP contribution in [0.3, 0.4) is 0 Å². The number of nitrogen functional groups attached to an aromatic ring is 1. The molecule has 0 atom stereocenters. The number of alkyl halides is 3. The number of aromatic nitrogens is 2. The molecule has 3 aromatic rings. The highest BCUT2D eigenvalue weighted by molar-refractivity contribution is 7.90. The number of rotatable bonds is 4. The van der Waals surface area contributed by atoms with Crippen LogP contribution in [0, 0.1) is 5.82 Å². The summed E-state index contributed by atoms with van der Waals surface area (Å²) in [6.07, 6.45) is -3.84. The molecule has 29 heavy (non-hydrogen) atoms. The Morgan fingerprint density at radius 1 is 0.931 bits per heavy atom. The number of nitrogens with one attached hydrogen (secondary N) is 1. The van der Waals surface area contributed by atoms with Gasteiger partial charge in [0.05, 0.1) is 16.2 Å². The van der Waals surface area contributed by atoms with Crippen molar-refractivity contribution in [2.24, 2.45) is 5.84 Å². The number of hydrogen-bond acceptors (Lipinski definition) is 6. The number of benzene rings is 2. The van der Waals surface area contributed by atoms with Crippen LogP contribution in [0.25, 0.3) is 22.4 Å². The lowest BCUT2D eigenvalue weighted by Gasteiger charge is -2.16. The molecule has 0 unspecified atom stereocenters. The van der Waals surface area contributed by atoms with E-state index in [1.54, 1.807) is 0 Å². The normalized spacial score (nSPS) is 12.1. The number of sulfone groups is 1. The third-order valence-corrected chi connectivity index (χ3v) is 5.12. The Morgan fingerprint density at radius 2 is 1.48 bits per heavy atom. The summed E-state index contributed by atoms with van der Waals surface area (Å²) >= 11 is 0. The molecule has 0 spiro atoms. The minimum Gasteiger partial charge on any atom is -0.308 e. The maximum absolute atomic E-state index is 13.3. The molecule has 0 radical (unpaired) electrons. The molecule has 0 amide bonds. The Balaban J connectivity index is 2.31. The molecule has 1 heterocycles. The predicted octanol–water partition coefficient (Wildman–Crippen LogP) is 3.66. The summed E-state index contributed by atoms with van der Waals surface area (Å²) < 4.78 is 76.5. The highest BCUT2D eigenvalue weighted by atomic mass is 32.2. The first kappa shape index (κ1) is 20.7. The van der Waals surface area contributed by atoms with Gasteiger partial charge in [0, 0.05) is 11.8 Å². The Hall–Kier alpha value is -3.05. The van der Waals surface area contributed by atoms with Gasteiger partial charge in [-0.25, -0.2) is 28.6 Å². The van der Waals surface area contributed by atoms with Crippen LogP contribution in [-0.4, -0.2) is 24.6 Å². The second kappa shape index (κ2) is 7.41. The topological polar surface area (TPSA) is 98.0 Å². The molecular formula is C18H14F4N4O2S. The van der Waals surface area contributed by atoms with Crippen molar-refractivity contribution in [3.63, 3.8) is 0 Å². The molecule has 152 valence electrons. The zero-order chi connectivity index (χ0) is 21.4. The Kier molecular flexibility index (Phi) is 5.28. The van der Waals surface area contributed by atoms with Gasteiger partial charge < -0.3 is 5.43 Å². The van der Waals surface area contributed by atoms with Crippen molar-refractivity contribution in [3.8, 4) is 22.4 Å². The lowest BCUT2D eigenvalue weighted by molar-refractivity contribution is -0.144. The van der Waals surface area contributed by atoms with E-state index in [9.17, 15) is 26.0 Å². The van der Waals surface area contributed by atoms with E-state index in [-0.39, 0.29) is 27.5 Å². The van der Waals surface area contributed by atoms with Crippen LogP contribution in [0.5, 0.6) is 0 Å². The highest BCUT2D eigenvalue weighted by Crippen LogP contribution is 2.38. The van der Waals surface area contributed by atoms with Gasteiger partial charge in [-0.2, -0.15) is 13.2 Å². The predicted molar refractivity (Wildman–Crippen MR) is 98.8 cm³/mol. The molecule has 0 saturated heterocycles. The van der Waals surface area contributed by atoms with Gasteiger partial charge in [-0.05, 0) is 29.8 Å².